The molecule has 0 saturated carbocycles. The molecule has 66 valence electrons. The SMILES string of the molecule is COC(=O)O[C@H](C)C(C)(C)C. The zero-order valence-electron chi connectivity index (χ0n) is 7.80. The van der Waals surface area contributed by atoms with E-state index in [1.54, 1.807) is 0 Å². The summed E-state index contributed by atoms with van der Waals surface area (Å²) in [5, 5.41) is 0. The lowest BCUT2D eigenvalue weighted by Gasteiger charge is -2.25. The van der Waals surface area contributed by atoms with Crippen LogP contribution in [0.1, 0.15) is 27.7 Å². The van der Waals surface area contributed by atoms with Gasteiger partial charge in [-0.05, 0) is 12.3 Å². The van der Waals surface area contributed by atoms with Crippen LogP contribution >= 0.6 is 0 Å². The van der Waals surface area contributed by atoms with E-state index >= 15 is 0 Å². The molecule has 0 bridgehead atoms. The lowest BCUT2D eigenvalue weighted by molar-refractivity contribution is 0.00109. The second-order valence-electron chi connectivity index (χ2n) is 3.58. The molecule has 0 unspecified atom stereocenters. The molecular formula is C8H16O3. The Balaban J connectivity index is 3.87. The first kappa shape index (κ1) is 10.3. The summed E-state index contributed by atoms with van der Waals surface area (Å²) in [7, 11) is 1.30. The van der Waals surface area contributed by atoms with E-state index in [1.165, 1.54) is 7.11 Å². The van der Waals surface area contributed by atoms with E-state index in [0.29, 0.717) is 0 Å². The van der Waals surface area contributed by atoms with E-state index in [0.717, 1.165) is 0 Å². The Morgan fingerprint density at radius 1 is 1.36 bits per heavy atom. The van der Waals surface area contributed by atoms with Gasteiger partial charge in [-0.15, -0.1) is 0 Å². The summed E-state index contributed by atoms with van der Waals surface area (Å²) in [5.74, 6) is 0. The quantitative estimate of drug-likeness (QED) is 0.551. The number of carbonyl (C=O) groups is 1. The first-order chi connectivity index (χ1) is 4.88. The summed E-state index contributed by atoms with van der Waals surface area (Å²) in [4.78, 5) is 10.6. The van der Waals surface area contributed by atoms with Crippen LogP contribution in [0.5, 0.6) is 0 Å². The van der Waals surface area contributed by atoms with Crippen molar-refractivity contribution >= 4 is 6.16 Å². The lowest BCUT2D eigenvalue weighted by atomic mass is 9.90. The van der Waals surface area contributed by atoms with Crippen LogP contribution in [-0.4, -0.2) is 19.4 Å². The van der Waals surface area contributed by atoms with Gasteiger partial charge in [0.1, 0.15) is 6.10 Å². The van der Waals surface area contributed by atoms with Crippen LogP contribution in [0.4, 0.5) is 4.79 Å². The highest BCUT2D eigenvalue weighted by Crippen LogP contribution is 2.21. The summed E-state index contributed by atoms with van der Waals surface area (Å²) in [6, 6.07) is 0. The number of ether oxygens (including phenoxy) is 2. The van der Waals surface area contributed by atoms with Gasteiger partial charge >= 0.3 is 6.16 Å². The van der Waals surface area contributed by atoms with Crippen molar-refractivity contribution in [2.24, 2.45) is 5.41 Å². The molecule has 0 aliphatic rings. The minimum absolute atomic E-state index is 0.0335. The van der Waals surface area contributed by atoms with Crippen LogP contribution in [0.3, 0.4) is 0 Å². The monoisotopic (exact) mass is 160 g/mol. The maximum Gasteiger partial charge on any atom is 0.508 e. The zero-order chi connectivity index (χ0) is 9.07. The average Bonchev–Trinajstić information content (AvgIpc) is 1.85. The van der Waals surface area contributed by atoms with Gasteiger partial charge in [-0.1, -0.05) is 20.8 Å². The highest BCUT2D eigenvalue weighted by atomic mass is 16.7. The molecule has 0 radical (unpaired) electrons. The van der Waals surface area contributed by atoms with E-state index in [2.05, 4.69) is 4.74 Å². The molecule has 11 heavy (non-hydrogen) atoms. The molecule has 0 aliphatic carbocycles. The molecule has 0 saturated heterocycles. The molecule has 0 heterocycles. The normalized spacial score (nSPS) is 13.9. The van der Waals surface area contributed by atoms with Crippen molar-refractivity contribution < 1.29 is 14.3 Å². The number of methoxy groups -OCH3 is 1. The fourth-order valence-electron chi connectivity index (χ4n) is 0.369. The highest BCUT2D eigenvalue weighted by Gasteiger charge is 2.23. The lowest BCUT2D eigenvalue weighted by Crippen LogP contribution is -2.28. The van der Waals surface area contributed by atoms with Crippen LogP contribution < -0.4 is 0 Å². The maximum atomic E-state index is 10.6. The van der Waals surface area contributed by atoms with Gasteiger partial charge in [-0.2, -0.15) is 0 Å². The van der Waals surface area contributed by atoms with E-state index in [-0.39, 0.29) is 11.5 Å². The van der Waals surface area contributed by atoms with Crippen LogP contribution in [0.25, 0.3) is 0 Å². The standard InChI is InChI=1S/C8H16O3/c1-6(8(2,3)4)11-7(9)10-5/h6H,1-5H3/t6-/m1/s1. The van der Waals surface area contributed by atoms with Crippen molar-refractivity contribution in [2.75, 3.05) is 7.11 Å². The molecule has 0 aromatic heterocycles. The first-order valence-corrected chi connectivity index (χ1v) is 3.62. The Kier molecular flexibility index (Phi) is 3.36. The molecule has 0 amide bonds. The molecule has 1 atom stereocenters. The zero-order valence-corrected chi connectivity index (χ0v) is 7.80. The molecule has 0 spiro atoms. The summed E-state index contributed by atoms with van der Waals surface area (Å²) in [6.45, 7) is 7.85. The Morgan fingerprint density at radius 2 is 1.82 bits per heavy atom. The van der Waals surface area contributed by atoms with Gasteiger partial charge in [0.2, 0.25) is 0 Å². The number of carbonyl (C=O) groups excluding carboxylic acids is 1. The van der Waals surface area contributed by atoms with Crippen molar-refractivity contribution in [2.45, 2.75) is 33.8 Å². The molecular weight excluding hydrogens is 144 g/mol. The van der Waals surface area contributed by atoms with Gasteiger partial charge in [0.25, 0.3) is 0 Å². The molecule has 0 aliphatic heterocycles. The Bertz CT molecular complexity index is 135. The van der Waals surface area contributed by atoms with E-state index in [4.69, 9.17) is 4.74 Å². The number of hydrogen-bond donors (Lipinski definition) is 0. The predicted molar refractivity (Wildman–Crippen MR) is 42.4 cm³/mol. The second kappa shape index (κ2) is 3.60. The smallest absolute Gasteiger partial charge is 0.438 e. The van der Waals surface area contributed by atoms with Crippen LogP contribution in [-0.2, 0) is 9.47 Å². The largest absolute Gasteiger partial charge is 0.508 e. The van der Waals surface area contributed by atoms with Gasteiger partial charge in [0, 0.05) is 0 Å². The Hall–Kier alpha value is -0.730. The molecule has 3 nitrogen and oxygen atoms in total. The number of rotatable bonds is 1. The van der Waals surface area contributed by atoms with Gasteiger partial charge in [0.05, 0.1) is 7.11 Å². The minimum atomic E-state index is -0.618. The molecule has 0 aromatic carbocycles. The van der Waals surface area contributed by atoms with Gasteiger partial charge in [-0.25, -0.2) is 4.79 Å². The molecule has 0 aromatic rings. The third-order valence-electron chi connectivity index (χ3n) is 1.66. The third-order valence-corrected chi connectivity index (χ3v) is 1.66. The topological polar surface area (TPSA) is 35.5 Å². The second-order valence-corrected chi connectivity index (χ2v) is 3.58. The summed E-state index contributed by atoms with van der Waals surface area (Å²) < 4.78 is 9.26. The van der Waals surface area contributed by atoms with Crippen LogP contribution in [0, 0.1) is 5.41 Å². The Morgan fingerprint density at radius 3 is 2.09 bits per heavy atom. The predicted octanol–water partition coefficient (Wildman–Crippen LogP) is 2.20. The van der Waals surface area contributed by atoms with Crippen molar-refractivity contribution in [3.8, 4) is 0 Å². The van der Waals surface area contributed by atoms with Crippen molar-refractivity contribution in [1.29, 1.82) is 0 Å². The molecule has 0 N–H and O–H groups in total. The van der Waals surface area contributed by atoms with E-state index in [1.807, 2.05) is 27.7 Å². The van der Waals surface area contributed by atoms with Crippen molar-refractivity contribution in [3.05, 3.63) is 0 Å². The Labute approximate surface area is 67.7 Å². The van der Waals surface area contributed by atoms with Crippen LogP contribution in [0.2, 0.25) is 0 Å². The number of hydrogen-bond acceptors (Lipinski definition) is 3. The van der Waals surface area contributed by atoms with E-state index in [9.17, 15) is 4.79 Å². The maximum absolute atomic E-state index is 10.6. The third kappa shape index (κ3) is 3.86. The summed E-state index contributed by atoms with van der Waals surface area (Å²) in [5.41, 5.74) is -0.0335. The summed E-state index contributed by atoms with van der Waals surface area (Å²) >= 11 is 0. The van der Waals surface area contributed by atoms with E-state index < -0.39 is 6.16 Å². The van der Waals surface area contributed by atoms with Crippen LogP contribution in [0.15, 0.2) is 0 Å². The van der Waals surface area contributed by atoms with Crippen molar-refractivity contribution in [3.63, 3.8) is 0 Å². The highest BCUT2D eigenvalue weighted by molar-refractivity contribution is 5.59. The van der Waals surface area contributed by atoms with Gasteiger partial charge in [-0.3, -0.25) is 0 Å². The molecule has 0 rings (SSSR count). The molecule has 3 heteroatoms. The minimum Gasteiger partial charge on any atom is -0.438 e. The molecule has 0 fully saturated rings. The van der Waals surface area contributed by atoms with Crippen molar-refractivity contribution in [1.82, 2.24) is 0 Å². The van der Waals surface area contributed by atoms with Gasteiger partial charge in [0.15, 0.2) is 0 Å². The fraction of sp³-hybridized carbons (Fsp3) is 0.875. The summed E-state index contributed by atoms with van der Waals surface area (Å²) in [6.07, 6.45) is -0.748. The fourth-order valence-corrected chi connectivity index (χ4v) is 0.369. The van der Waals surface area contributed by atoms with Gasteiger partial charge < -0.3 is 9.47 Å². The average molecular weight is 160 g/mol. The first-order valence-electron chi connectivity index (χ1n) is 3.62.